The molecule has 0 saturated carbocycles. The molecule has 2 aromatic rings. The highest BCUT2D eigenvalue weighted by Crippen LogP contribution is 2.39. The molecule has 0 aliphatic carbocycles. The van der Waals surface area contributed by atoms with Crippen LogP contribution < -0.4 is 10.1 Å². The minimum Gasteiger partial charge on any atom is -0.496 e. The van der Waals surface area contributed by atoms with Gasteiger partial charge < -0.3 is 14.8 Å². The van der Waals surface area contributed by atoms with Crippen LogP contribution in [0.2, 0.25) is 0 Å². The van der Waals surface area contributed by atoms with Crippen molar-refractivity contribution in [3.8, 4) is 5.75 Å². The summed E-state index contributed by atoms with van der Waals surface area (Å²) >= 11 is 0. The first-order chi connectivity index (χ1) is 15.0. The molecule has 2 saturated heterocycles. The van der Waals surface area contributed by atoms with Gasteiger partial charge in [-0.15, -0.1) is 0 Å². The molecule has 0 bridgehead atoms. The van der Waals surface area contributed by atoms with Gasteiger partial charge in [-0.1, -0.05) is 24.3 Å². The number of piperidine rings is 1. The van der Waals surface area contributed by atoms with E-state index in [2.05, 4.69) is 36.2 Å². The van der Waals surface area contributed by atoms with Crippen LogP contribution in [0.25, 0.3) is 0 Å². The SMILES string of the molecule is COc1cc(C)c(CN2CCC3(CCC(CNC(=O)c4ccccc4)O3)CC2)cc1C. The summed E-state index contributed by atoms with van der Waals surface area (Å²) in [5.41, 5.74) is 4.55. The number of amides is 1. The van der Waals surface area contributed by atoms with Crippen LogP contribution in [0.5, 0.6) is 5.75 Å². The summed E-state index contributed by atoms with van der Waals surface area (Å²) in [5, 5.41) is 3.04. The summed E-state index contributed by atoms with van der Waals surface area (Å²) in [6.07, 6.45) is 4.35. The van der Waals surface area contributed by atoms with Crippen molar-refractivity contribution in [2.45, 2.75) is 57.8 Å². The van der Waals surface area contributed by atoms with E-state index in [0.717, 1.165) is 51.1 Å². The summed E-state index contributed by atoms with van der Waals surface area (Å²) < 4.78 is 11.9. The van der Waals surface area contributed by atoms with Crippen LogP contribution in [-0.4, -0.2) is 49.3 Å². The number of nitrogens with zero attached hydrogens (tertiary/aromatic N) is 1. The Hall–Kier alpha value is -2.37. The van der Waals surface area contributed by atoms with Crippen LogP contribution in [-0.2, 0) is 11.3 Å². The van der Waals surface area contributed by atoms with E-state index >= 15 is 0 Å². The molecule has 0 aromatic heterocycles. The molecule has 0 radical (unpaired) electrons. The Morgan fingerprint density at radius 1 is 1.13 bits per heavy atom. The van der Waals surface area contributed by atoms with Gasteiger partial charge in [0.15, 0.2) is 0 Å². The first-order valence-corrected chi connectivity index (χ1v) is 11.4. The highest BCUT2D eigenvalue weighted by atomic mass is 16.5. The zero-order valence-electron chi connectivity index (χ0n) is 18.9. The molecule has 4 rings (SSSR count). The molecule has 5 nitrogen and oxygen atoms in total. The van der Waals surface area contributed by atoms with E-state index in [0.29, 0.717) is 12.1 Å². The Bertz CT molecular complexity index is 904. The van der Waals surface area contributed by atoms with E-state index in [1.54, 1.807) is 7.11 Å². The minimum absolute atomic E-state index is 0.0104. The van der Waals surface area contributed by atoms with Gasteiger partial charge in [0, 0.05) is 31.7 Å². The maximum absolute atomic E-state index is 12.3. The third-order valence-corrected chi connectivity index (χ3v) is 6.88. The number of likely N-dealkylation sites (tertiary alicyclic amines) is 1. The van der Waals surface area contributed by atoms with Crippen molar-refractivity contribution in [1.29, 1.82) is 0 Å². The van der Waals surface area contributed by atoms with Crippen molar-refractivity contribution in [3.63, 3.8) is 0 Å². The number of aryl methyl sites for hydroxylation is 2. The van der Waals surface area contributed by atoms with Gasteiger partial charge in [0.05, 0.1) is 18.8 Å². The quantitative estimate of drug-likeness (QED) is 0.756. The second-order valence-corrected chi connectivity index (χ2v) is 9.06. The van der Waals surface area contributed by atoms with Crippen molar-refractivity contribution in [2.75, 3.05) is 26.7 Å². The normalized spacial score (nSPS) is 20.7. The highest BCUT2D eigenvalue weighted by molar-refractivity contribution is 5.94. The molecule has 1 amide bonds. The number of ether oxygens (including phenoxy) is 2. The van der Waals surface area contributed by atoms with Crippen molar-refractivity contribution < 1.29 is 14.3 Å². The van der Waals surface area contributed by atoms with Crippen molar-refractivity contribution in [3.05, 3.63) is 64.7 Å². The Morgan fingerprint density at radius 2 is 1.87 bits per heavy atom. The number of methoxy groups -OCH3 is 1. The fourth-order valence-electron chi connectivity index (χ4n) is 4.90. The monoisotopic (exact) mass is 422 g/mol. The van der Waals surface area contributed by atoms with Crippen molar-refractivity contribution in [2.24, 2.45) is 0 Å². The predicted molar refractivity (Wildman–Crippen MR) is 123 cm³/mol. The lowest BCUT2D eigenvalue weighted by Crippen LogP contribution is -2.45. The van der Waals surface area contributed by atoms with Gasteiger partial charge in [-0.3, -0.25) is 9.69 Å². The molecule has 2 fully saturated rings. The largest absolute Gasteiger partial charge is 0.496 e. The summed E-state index contributed by atoms with van der Waals surface area (Å²) in [4.78, 5) is 14.8. The molecular formula is C26H34N2O3. The number of benzene rings is 2. The topological polar surface area (TPSA) is 50.8 Å². The molecule has 2 heterocycles. The molecule has 1 unspecified atom stereocenters. The summed E-state index contributed by atoms with van der Waals surface area (Å²) in [6, 6.07) is 13.8. The number of hydrogen-bond acceptors (Lipinski definition) is 4. The van der Waals surface area contributed by atoms with Crippen LogP contribution in [0.1, 0.15) is 52.7 Å². The molecular weight excluding hydrogens is 388 g/mol. The second-order valence-electron chi connectivity index (χ2n) is 9.06. The smallest absolute Gasteiger partial charge is 0.251 e. The number of carbonyl (C=O) groups excluding carboxylic acids is 1. The number of hydrogen-bond donors (Lipinski definition) is 1. The van der Waals surface area contributed by atoms with Crippen LogP contribution in [0.15, 0.2) is 42.5 Å². The maximum Gasteiger partial charge on any atom is 0.251 e. The van der Waals surface area contributed by atoms with Crippen LogP contribution in [0.3, 0.4) is 0 Å². The molecule has 1 N–H and O–H groups in total. The maximum atomic E-state index is 12.3. The lowest BCUT2D eigenvalue weighted by atomic mass is 9.88. The zero-order valence-corrected chi connectivity index (χ0v) is 18.9. The molecule has 2 aromatic carbocycles. The van der Waals surface area contributed by atoms with Gasteiger partial charge in [0.25, 0.3) is 5.91 Å². The summed E-state index contributed by atoms with van der Waals surface area (Å²) in [5.74, 6) is 0.939. The Morgan fingerprint density at radius 3 is 2.58 bits per heavy atom. The average molecular weight is 423 g/mol. The van der Waals surface area contributed by atoms with Gasteiger partial charge in [-0.25, -0.2) is 0 Å². The van der Waals surface area contributed by atoms with E-state index < -0.39 is 0 Å². The van der Waals surface area contributed by atoms with Crippen LogP contribution in [0, 0.1) is 13.8 Å². The molecule has 2 aliphatic heterocycles. The van der Waals surface area contributed by atoms with Gasteiger partial charge >= 0.3 is 0 Å². The number of rotatable bonds is 6. The summed E-state index contributed by atoms with van der Waals surface area (Å²) in [7, 11) is 1.73. The molecule has 2 aliphatic rings. The van der Waals surface area contributed by atoms with Crippen LogP contribution >= 0.6 is 0 Å². The van der Waals surface area contributed by atoms with E-state index in [-0.39, 0.29) is 17.6 Å². The van der Waals surface area contributed by atoms with Gasteiger partial charge in [-0.2, -0.15) is 0 Å². The lowest BCUT2D eigenvalue weighted by Gasteiger charge is -2.39. The standard InChI is InChI=1S/C26H34N2O3/c1-19-16-24(30-3)20(2)15-22(19)18-28-13-11-26(12-14-28)10-9-23(31-26)17-27-25(29)21-7-5-4-6-8-21/h4-8,15-16,23H,9-14,17-18H2,1-3H3,(H,27,29). The second kappa shape index (κ2) is 9.41. The number of carbonyl (C=O) groups is 1. The molecule has 1 spiro atoms. The van der Waals surface area contributed by atoms with Gasteiger partial charge in [0.1, 0.15) is 5.75 Å². The third-order valence-electron chi connectivity index (χ3n) is 6.88. The van der Waals surface area contributed by atoms with Gasteiger partial charge in [-0.05, 0) is 74.4 Å². The first kappa shape index (κ1) is 21.8. The van der Waals surface area contributed by atoms with Crippen molar-refractivity contribution in [1.82, 2.24) is 10.2 Å². The minimum atomic E-state index is -0.0230. The molecule has 1 atom stereocenters. The Balaban J connectivity index is 1.26. The van der Waals surface area contributed by atoms with E-state index in [1.165, 1.54) is 16.7 Å². The zero-order chi connectivity index (χ0) is 21.8. The average Bonchev–Trinajstić information content (AvgIpc) is 3.19. The first-order valence-electron chi connectivity index (χ1n) is 11.4. The molecule has 5 heteroatoms. The summed E-state index contributed by atoms with van der Waals surface area (Å²) in [6.45, 7) is 7.93. The highest BCUT2D eigenvalue weighted by Gasteiger charge is 2.42. The van der Waals surface area contributed by atoms with Gasteiger partial charge in [0.2, 0.25) is 0 Å². The Kier molecular flexibility index (Phi) is 6.63. The number of nitrogens with one attached hydrogen (secondary N) is 1. The fraction of sp³-hybridized carbons (Fsp3) is 0.500. The van der Waals surface area contributed by atoms with E-state index in [1.807, 2.05) is 30.3 Å². The predicted octanol–water partition coefficient (Wildman–Crippen LogP) is 4.26. The van der Waals surface area contributed by atoms with E-state index in [4.69, 9.17) is 9.47 Å². The molecule has 31 heavy (non-hydrogen) atoms. The third kappa shape index (κ3) is 5.10. The Labute approximate surface area is 185 Å². The van der Waals surface area contributed by atoms with E-state index in [9.17, 15) is 4.79 Å². The van der Waals surface area contributed by atoms with Crippen molar-refractivity contribution >= 4 is 5.91 Å². The fourth-order valence-corrected chi connectivity index (χ4v) is 4.90. The lowest BCUT2D eigenvalue weighted by molar-refractivity contribution is -0.0764. The van der Waals surface area contributed by atoms with Crippen LogP contribution in [0.4, 0.5) is 0 Å². The molecule has 166 valence electrons.